The van der Waals surface area contributed by atoms with Crippen molar-refractivity contribution in [3.63, 3.8) is 0 Å². The zero-order valence-electron chi connectivity index (χ0n) is 9.77. The van der Waals surface area contributed by atoms with Gasteiger partial charge < -0.3 is 4.74 Å². The van der Waals surface area contributed by atoms with Gasteiger partial charge in [0, 0.05) is 6.92 Å². The summed E-state index contributed by atoms with van der Waals surface area (Å²) in [6.07, 6.45) is -0.433. The SMILES string of the molecule is CC(=O)O[C@H](C)C(C(C)=O)c1ccccc1. The van der Waals surface area contributed by atoms with E-state index in [1.54, 1.807) is 6.92 Å². The molecule has 1 aromatic carbocycles. The van der Waals surface area contributed by atoms with Crippen molar-refractivity contribution in [3.8, 4) is 0 Å². The minimum absolute atomic E-state index is 0.0000463. The van der Waals surface area contributed by atoms with Crippen LogP contribution in [0.2, 0.25) is 0 Å². The molecule has 16 heavy (non-hydrogen) atoms. The summed E-state index contributed by atoms with van der Waals surface area (Å²) in [7, 11) is 0. The highest BCUT2D eigenvalue weighted by Crippen LogP contribution is 2.22. The van der Waals surface area contributed by atoms with Gasteiger partial charge in [-0.05, 0) is 19.4 Å². The van der Waals surface area contributed by atoms with Crippen molar-refractivity contribution < 1.29 is 14.3 Å². The molecule has 0 bridgehead atoms. The summed E-state index contributed by atoms with van der Waals surface area (Å²) in [6.45, 7) is 4.59. The molecule has 1 aromatic rings. The summed E-state index contributed by atoms with van der Waals surface area (Å²) in [6, 6.07) is 9.35. The first kappa shape index (κ1) is 12.4. The van der Waals surface area contributed by atoms with Crippen LogP contribution in [0.1, 0.15) is 32.3 Å². The normalized spacial score (nSPS) is 13.9. The lowest BCUT2D eigenvalue weighted by molar-refractivity contribution is -0.147. The number of esters is 1. The van der Waals surface area contributed by atoms with E-state index in [0.717, 1.165) is 5.56 Å². The minimum atomic E-state index is -0.433. The van der Waals surface area contributed by atoms with E-state index in [0.29, 0.717) is 0 Å². The molecule has 0 spiro atoms. The van der Waals surface area contributed by atoms with E-state index in [1.807, 2.05) is 30.3 Å². The van der Waals surface area contributed by atoms with Gasteiger partial charge >= 0.3 is 5.97 Å². The topological polar surface area (TPSA) is 43.4 Å². The molecule has 0 fully saturated rings. The number of carbonyl (C=O) groups is 2. The number of Topliss-reactive ketones (excluding diaryl/α,β-unsaturated/α-hetero) is 1. The molecule has 86 valence electrons. The average molecular weight is 220 g/mol. The van der Waals surface area contributed by atoms with Gasteiger partial charge in [0.2, 0.25) is 0 Å². The largest absolute Gasteiger partial charge is 0.462 e. The summed E-state index contributed by atoms with van der Waals surface area (Å²) in [4.78, 5) is 22.5. The zero-order chi connectivity index (χ0) is 12.1. The maximum atomic E-state index is 11.6. The van der Waals surface area contributed by atoms with Crippen LogP contribution in [0.15, 0.2) is 30.3 Å². The van der Waals surface area contributed by atoms with E-state index in [9.17, 15) is 9.59 Å². The van der Waals surface area contributed by atoms with Gasteiger partial charge in [-0.3, -0.25) is 9.59 Å². The molecule has 1 unspecified atom stereocenters. The Balaban J connectivity index is 2.92. The predicted molar refractivity (Wildman–Crippen MR) is 61.1 cm³/mol. The van der Waals surface area contributed by atoms with E-state index >= 15 is 0 Å². The standard InChI is InChI=1S/C13H16O3/c1-9(14)13(10(2)16-11(3)15)12-7-5-4-6-8-12/h4-8,10,13H,1-3H3/t10-,13?/m1/s1. The molecule has 1 rings (SSSR count). The maximum absolute atomic E-state index is 11.6. The molecule has 0 amide bonds. The van der Waals surface area contributed by atoms with E-state index in [-0.39, 0.29) is 17.7 Å². The Kier molecular flexibility index (Phi) is 4.23. The van der Waals surface area contributed by atoms with Crippen molar-refractivity contribution in [2.24, 2.45) is 0 Å². The fourth-order valence-corrected chi connectivity index (χ4v) is 1.83. The van der Waals surface area contributed by atoms with Crippen LogP contribution >= 0.6 is 0 Å². The minimum Gasteiger partial charge on any atom is -0.462 e. The molecule has 3 nitrogen and oxygen atoms in total. The molecule has 0 aliphatic heterocycles. The van der Waals surface area contributed by atoms with Crippen LogP contribution in [-0.2, 0) is 14.3 Å². The van der Waals surface area contributed by atoms with Gasteiger partial charge in [0.1, 0.15) is 11.9 Å². The number of benzene rings is 1. The zero-order valence-corrected chi connectivity index (χ0v) is 9.77. The lowest BCUT2D eigenvalue weighted by atomic mass is 9.91. The molecule has 0 N–H and O–H groups in total. The van der Waals surface area contributed by atoms with Crippen LogP contribution in [0.3, 0.4) is 0 Å². The van der Waals surface area contributed by atoms with E-state index in [4.69, 9.17) is 4.74 Å². The van der Waals surface area contributed by atoms with Gasteiger partial charge in [-0.2, -0.15) is 0 Å². The van der Waals surface area contributed by atoms with E-state index < -0.39 is 6.10 Å². The van der Waals surface area contributed by atoms with Gasteiger partial charge in [-0.25, -0.2) is 0 Å². The summed E-state index contributed by atoms with van der Waals surface area (Å²) < 4.78 is 5.07. The molecule has 0 saturated heterocycles. The van der Waals surface area contributed by atoms with Gasteiger partial charge in [-0.1, -0.05) is 30.3 Å². The number of ketones is 1. The Labute approximate surface area is 95.4 Å². The van der Waals surface area contributed by atoms with Crippen LogP contribution in [-0.4, -0.2) is 17.9 Å². The second kappa shape index (κ2) is 5.45. The molecule has 2 atom stereocenters. The highest BCUT2D eigenvalue weighted by Gasteiger charge is 2.25. The van der Waals surface area contributed by atoms with Crippen LogP contribution in [0, 0.1) is 0 Å². The maximum Gasteiger partial charge on any atom is 0.302 e. The molecule has 0 heterocycles. The predicted octanol–water partition coefficient (Wildman–Crippen LogP) is 2.31. The Hall–Kier alpha value is -1.64. The second-order valence-electron chi connectivity index (χ2n) is 3.81. The summed E-state index contributed by atoms with van der Waals surface area (Å²) in [5, 5.41) is 0. The van der Waals surface area contributed by atoms with Gasteiger partial charge in [-0.15, -0.1) is 0 Å². The van der Waals surface area contributed by atoms with Crippen molar-refractivity contribution in [1.29, 1.82) is 0 Å². The fraction of sp³-hybridized carbons (Fsp3) is 0.385. The molecule has 0 aliphatic rings. The molecular weight excluding hydrogens is 204 g/mol. The third-order valence-electron chi connectivity index (χ3n) is 2.42. The van der Waals surface area contributed by atoms with Crippen molar-refractivity contribution in [3.05, 3.63) is 35.9 Å². The van der Waals surface area contributed by atoms with Gasteiger partial charge in [0.25, 0.3) is 0 Å². The molecule has 0 saturated carbocycles. The smallest absolute Gasteiger partial charge is 0.302 e. The first-order valence-electron chi connectivity index (χ1n) is 5.25. The average Bonchev–Trinajstić information content (AvgIpc) is 2.17. The van der Waals surface area contributed by atoms with Crippen LogP contribution in [0.25, 0.3) is 0 Å². The second-order valence-corrected chi connectivity index (χ2v) is 3.81. The fourth-order valence-electron chi connectivity index (χ4n) is 1.83. The number of rotatable bonds is 4. The number of carbonyl (C=O) groups excluding carboxylic acids is 2. The summed E-state index contributed by atoms with van der Waals surface area (Å²) in [5.41, 5.74) is 0.878. The lowest BCUT2D eigenvalue weighted by Crippen LogP contribution is -2.26. The Bertz CT molecular complexity index is 370. The van der Waals surface area contributed by atoms with Gasteiger partial charge in [0.15, 0.2) is 0 Å². The highest BCUT2D eigenvalue weighted by molar-refractivity contribution is 5.84. The third-order valence-corrected chi connectivity index (χ3v) is 2.42. The van der Waals surface area contributed by atoms with Gasteiger partial charge in [0.05, 0.1) is 5.92 Å². The lowest BCUT2D eigenvalue weighted by Gasteiger charge is -2.21. The van der Waals surface area contributed by atoms with Crippen molar-refractivity contribution >= 4 is 11.8 Å². The first-order valence-corrected chi connectivity index (χ1v) is 5.25. The number of hydrogen-bond donors (Lipinski definition) is 0. The van der Waals surface area contributed by atoms with Crippen molar-refractivity contribution in [2.75, 3.05) is 0 Å². The van der Waals surface area contributed by atoms with Crippen LogP contribution in [0.5, 0.6) is 0 Å². The number of ether oxygens (including phenoxy) is 1. The van der Waals surface area contributed by atoms with E-state index in [1.165, 1.54) is 13.8 Å². The van der Waals surface area contributed by atoms with Crippen molar-refractivity contribution in [1.82, 2.24) is 0 Å². The van der Waals surface area contributed by atoms with Crippen molar-refractivity contribution in [2.45, 2.75) is 32.8 Å². The van der Waals surface area contributed by atoms with E-state index in [2.05, 4.69) is 0 Å². The Morgan fingerprint density at radius 2 is 1.69 bits per heavy atom. The highest BCUT2D eigenvalue weighted by atomic mass is 16.5. The first-order chi connectivity index (χ1) is 7.52. The Morgan fingerprint density at radius 3 is 2.12 bits per heavy atom. The molecule has 0 radical (unpaired) electrons. The quantitative estimate of drug-likeness (QED) is 0.731. The van der Waals surface area contributed by atoms with Crippen LogP contribution in [0.4, 0.5) is 0 Å². The monoisotopic (exact) mass is 220 g/mol. The third kappa shape index (κ3) is 3.19. The summed E-state index contributed by atoms with van der Waals surface area (Å²) >= 11 is 0. The Morgan fingerprint density at radius 1 is 1.12 bits per heavy atom. The molecule has 3 heteroatoms. The molecule has 0 aliphatic carbocycles. The number of hydrogen-bond acceptors (Lipinski definition) is 3. The van der Waals surface area contributed by atoms with Crippen LogP contribution < -0.4 is 0 Å². The summed E-state index contributed by atoms with van der Waals surface area (Å²) in [5.74, 6) is -0.750. The molecule has 0 aromatic heterocycles. The molecular formula is C13H16O3.